The van der Waals surface area contributed by atoms with E-state index in [9.17, 15) is 8.42 Å². The molecule has 21 heavy (non-hydrogen) atoms. The SMILES string of the molecule is CCCNCc1cc(S(=O)(=O)NC(C)(C)C2CC2)c(Br)s1. The molecule has 0 amide bonds. The summed E-state index contributed by atoms with van der Waals surface area (Å²) in [7, 11) is -3.48. The maximum atomic E-state index is 12.6. The van der Waals surface area contributed by atoms with Crippen molar-refractivity contribution in [2.75, 3.05) is 6.54 Å². The van der Waals surface area contributed by atoms with Crippen LogP contribution >= 0.6 is 27.3 Å². The van der Waals surface area contributed by atoms with Gasteiger partial charge in [-0.05, 0) is 67.6 Å². The summed E-state index contributed by atoms with van der Waals surface area (Å²) in [4.78, 5) is 1.38. The lowest BCUT2D eigenvalue weighted by Crippen LogP contribution is -2.45. The van der Waals surface area contributed by atoms with E-state index in [1.807, 2.05) is 13.8 Å². The van der Waals surface area contributed by atoms with Gasteiger partial charge in [0.1, 0.15) is 4.90 Å². The topological polar surface area (TPSA) is 58.2 Å². The fourth-order valence-electron chi connectivity index (χ4n) is 2.35. The second-order valence-corrected chi connectivity index (χ2v) is 10.2. The maximum Gasteiger partial charge on any atom is 0.243 e. The molecule has 0 aromatic carbocycles. The van der Waals surface area contributed by atoms with Crippen LogP contribution in [0.15, 0.2) is 14.7 Å². The zero-order chi connectivity index (χ0) is 15.7. The van der Waals surface area contributed by atoms with E-state index in [-0.39, 0.29) is 5.54 Å². The van der Waals surface area contributed by atoms with Gasteiger partial charge in [-0.25, -0.2) is 13.1 Å². The van der Waals surface area contributed by atoms with Gasteiger partial charge in [0.05, 0.1) is 3.79 Å². The van der Waals surface area contributed by atoms with E-state index in [1.165, 1.54) is 11.3 Å². The molecule has 0 saturated heterocycles. The summed E-state index contributed by atoms with van der Waals surface area (Å²) in [6, 6.07) is 1.77. The number of sulfonamides is 1. The molecule has 0 radical (unpaired) electrons. The fourth-order valence-corrected chi connectivity index (χ4v) is 6.47. The first-order valence-electron chi connectivity index (χ1n) is 7.29. The molecular weight excluding hydrogens is 372 g/mol. The van der Waals surface area contributed by atoms with Crippen LogP contribution in [0.1, 0.15) is 44.9 Å². The molecule has 0 spiro atoms. The van der Waals surface area contributed by atoms with Crippen molar-refractivity contribution in [1.29, 1.82) is 0 Å². The van der Waals surface area contributed by atoms with Gasteiger partial charge in [0, 0.05) is 17.0 Å². The van der Waals surface area contributed by atoms with Gasteiger partial charge in [0.2, 0.25) is 10.0 Å². The average Bonchev–Trinajstić information content (AvgIpc) is 3.14. The first-order valence-corrected chi connectivity index (χ1v) is 10.4. The molecular formula is C14H23BrN2O2S2. The molecule has 0 aliphatic heterocycles. The van der Waals surface area contributed by atoms with E-state index in [4.69, 9.17) is 0 Å². The van der Waals surface area contributed by atoms with E-state index in [0.717, 1.165) is 30.7 Å². The Morgan fingerprint density at radius 2 is 2.10 bits per heavy atom. The number of hydrogen-bond acceptors (Lipinski definition) is 4. The second kappa shape index (κ2) is 6.66. The number of nitrogens with one attached hydrogen (secondary N) is 2. The highest BCUT2D eigenvalue weighted by Gasteiger charge is 2.41. The van der Waals surface area contributed by atoms with Gasteiger partial charge in [-0.2, -0.15) is 0 Å². The van der Waals surface area contributed by atoms with Crippen LogP contribution in [0.2, 0.25) is 0 Å². The predicted molar refractivity (Wildman–Crippen MR) is 91.1 cm³/mol. The molecule has 1 aromatic heterocycles. The molecule has 120 valence electrons. The van der Waals surface area contributed by atoms with E-state index in [1.54, 1.807) is 6.07 Å². The highest BCUT2D eigenvalue weighted by molar-refractivity contribution is 9.11. The summed E-state index contributed by atoms with van der Waals surface area (Å²) < 4.78 is 28.7. The predicted octanol–water partition coefficient (Wildman–Crippen LogP) is 3.48. The maximum absolute atomic E-state index is 12.6. The van der Waals surface area contributed by atoms with Crippen LogP contribution in [-0.2, 0) is 16.6 Å². The molecule has 2 N–H and O–H groups in total. The standard InChI is InChI=1S/C14H23BrN2O2S2/c1-4-7-16-9-11-8-12(13(15)20-11)21(18,19)17-14(2,3)10-5-6-10/h8,10,16-17H,4-7,9H2,1-3H3. The van der Waals surface area contributed by atoms with Crippen LogP contribution in [0, 0.1) is 5.92 Å². The van der Waals surface area contributed by atoms with Gasteiger partial charge in [-0.1, -0.05) is 6.92 Å². The number of halogens is 1. The molecule has 7 heteroatoms. The first kappa shape index (κ1) is 17.4. The molecule has 1 aliphatic rings. The summed E-state index contributed by atoms with van der Waals surface area (Å²) in [5.74, 6) is 0.454. The van der Waals surface area contributed by atoms with Crippen molar-refractivity contribution in [2.24, 2.45) is 5.92 Å². The molecule has 1 aromatic rings. The molecule has 1 fully saturated rings. The number of hydrogen-bond donors (Lipinski definition) is 2. The van der Waals surface area contributed by atoms with Crippen molar-refractivity contribution < 1.29 is 8.42 Å². The molecule has 0 unspecified atom stereocenters. The highest BCUT2D eigenvalue weighted by atomic mass is 79.9. The van der Waals surface area contributed by atoms with Crippen molar-refractivity contribution in [2.45, 2.75) is 57.0 Å². The van der Waals surface area contributed by atoms with E-state index in [0.29, 0.717) is 21.1 Å². The van der Waals surface area contributed by atoms with E-state index < -0.39 is 10.0 Å². The number of thiophene rings is 1. The van der Waals surface area contributed by atoms with Crippen LogP contribution in [0.4, 0.5) is 0 Å². The van der Waals surface area contributed by atoms with E-state index in [2.05, 4.69) is 32.9 Å². The van der Waals surface area contributed by atoms with Gasteiger partial charge in [-0.15, -0.1) is 11.3 Å². The molecule has 0 bridgehead atoms. The van der Waals surface area contributed by atoms with Gasteiger partial charge < -0.3 is 5.32 Å². The minimum Gasteiger partial charge on any atom is -0.312 e. The van der Waals surface area contributed by atoms with E-state index >= 15 is 0 Å². The molecule has 1 saturated carbocycles. The Morgan fingerprint density at radius 1 is 1.43 bits per heavy atom. The third-order valence-corrected chi connectivity index (χ3v) is 7.64. The van der Waals surface area contributed by atoms with Gasteiger partial charge in [-0.3, -0.25) is 0 Å². The summed E-state index contributed by atoms with van der Waals surface area (Å²) in [5.41, 5.74) is -0.374. The zero-order valence-corrected chi connectivity index (χ0v) is 15.9. The Bertz CT molecular complexity index is 592. The highest BCUT2D eigenvalue weighted by Crippen LogP contribution is 2.40. The largest absolute Gasteiger partial charge is 0.312 e. The Labute approximate surface area is 139 Å². The minimum atomic E-state index is -3.48. The Hall–Kier alpha value is 0.0500. The van der Waals surface area contributed by atoms with Crippen LogP contribution < -0.4 is 10.0 Å². The fraction of sp³-hybridized carbons (Fsp3) is 0.714. The number of rotatable bonds is 8. The van der Waals surface area contributed by atoms with Gasteiger partial charge in [0.15, 0.2) is 0 Å². The molecule has 4 nitrogen and oxygen atoms in total. The third-order valence-electron chi connectivity index (χ3n) is 3.72. The molecule has 0 atom stereocenters. The second-order valence-electron chi connectivity index (χ2n) is 6.13. The van der Waals surface area contributed by atoms with Crippen molar-refractivity contribution in [3.8, 4) is 0 Å². The van der Waals surface area contributed by atoms with Crippen molar-refractivity contribution in [3.63, 3.8) is 0 Å². The lowest BCUT2D eigenvalue weighted by atomic mass is 10.0. The van der Waals surface area contributed by atoms with Gasteiger partial charge >= 0.3 is 0 Å². The van der Waals surface area contributed by atoms with Crippen molar-refractivity contribution in [3.05, 3.63) is 14.7 Å². The summed E-state index contributed by atoms with van der Waals surface area (Å²) >= 11 is 4.87. The lowest BCUT2D eigenvalue weighted by Gasteiger charge is -2.25. The summed E-state index contributed by atoms with van der Waals surface area (Å²) in [6.45, 7) is 7.68. The molecule has 1 aliphatic carbocycles. The van der Waals surface area contributed by atoms with Crippen molar-refractivity contribution in [1.82, 2.24) is 10.0 Å². The monoisotopic (exact) mass is 394 g/mol. The zero-order valence-electron chi connectivity index (χ0n) is 12.7. The normalized spacial score (nSPS) is 16.4. The van der Waals surface area contributed by atoms with Crippen LogP contribution in [0.5, 0.6) is 0 Å². The molecule has 1 heterocycles. The Morgan fingerprint density at radius 3 is 2.67 bits per heavy atom. The lowest BCUT2D eigenvalue weighted by molar-refractivity contribution is 0.400. The third kappa shape index (κ3) is 4.51. The summed E-state index contributed by atoms with van der Waals surface area (Å²) in [5, 5.41) is 3.29. The summed E-state index contributed by atoms with van der Waals surface area (Å²) in [6.07, 6.45) is 3.27. The first-order chi connectivity index (χ1) is 9.76. The van der Waals surface area contributed by atoms with Crippen LogP contribution in [0.25, 0.3) is 0 Å². The van der Waals surface area contributed by atoms with Crippen LogP contribution in [0.3, 0.4) is 0 Å². The Balaban J connectivity index is 2.12. The molecule has 2 rings (SSSR count). The minimum absolute atomic E-state index is 0.356. The Kier molecular flexibility index (Phi) is 5.52. The van der Waals surface area contributed by atoms with Gasteiger partial charge in [0.25, 0.3) is 0 Å². The van der Waals surface area contributed by atoms with Crippen LogP contribution in [-0.4, -0.2) is 20.5 Å². The average molecular weight is 395 g/mol. The quantitative estimate of drug-likeness (QED) is 0.663. The smallest absolute Gasteiger partial charge is 0.243 e. The van der Waals surface area contributed by atoms with Crippen molar-refractivity contribution >= 4 is 37.3 Å².